The summed E-state index contributed by atoms with van der Waals surface area (Å²) in [4.78, 5) is 11.8. The number of hydrogen-bond donors (Lipinski definition) is 6. The summed E-state index contributed by atoms with van der Waals surface area (Å²) >= 11 is 0. The van der Waals surface area contributed by atoms with E-state index in [1.54, 1.807) is 32.0 Å². The lowest BCUT2D eigenvalue weighted by atomic mass is 9.95. The molecule has 2 fully saturated rings. The third-order valence-corrected chi connectivity index (χ3v) is 7.38. The summed E-state index contributed by atoms with van der Waals surface area (Å²) in [6.07, 6.45) is -10.6. The predicted octanol–water partition coefficient (Wildman–Crippen LogP) is -1.84. The van der Waals surface area contributed by atoms with Gasteiger partial charge in [0, 0.05) is 23.4 Å². The Morgan fingerprint density at radius 2 is 1.79 bits per heavy atom. The Morgan fingerprint density at radius 1 is 1.05 bits per heavy atom. The minimum Gasteiger partial charge on any atom is -0.487 e. The van der Waals surface area contributed by atoms with Gasteiger partial charge in [0.15, 0.2) is 12.6 Å². The van der Waals surface area contributed by atoms with Crippen LogP contribution >= 0.6 is 0 Å². The summed E-state index contributed by atoms with van der Waals surface area (Å²) in [6, 6.07) is 6.54. The van der Waals surface area contributed by atoms with Gasteiger partial charge in [-0.3, -0.25) is 0 Å². The largest absolute Gasteiger partial charge is 0.487 e. The van der Waals surface area contributed by atoms with Crippen LogP contribution in [0, 0.1) is 0 Å². The van der Waals surface area contributed by atoms with Gasteiger partial charge in [-0.1, -0.05) is 0 Å². The number of fused-ring (bicyclic) bond motifs is 3. The monoisotopic (exact) mass is 540 g/mol. The van der Waals surface area contributed by atoms with E-state index in [2.05, 4.69) is 0 Å². The Labute approximate surface area is 216 Å². The Morgan fingerprint density at radius 3 is 2.50 bits per heavy atom. The Hall–Kier alpha value is -2.17. The molecule has 38 heavy (non-hydrogen) atoms. The van der Waals surface area contributed by atoms with Gasteiger partial charge >= 0.3 is 5.63 Å². The molecule has 1 aromatic heterocycles. The molecule has 9 atom stereocenters. The standard InChI is InChI=1S/C25H32O13/c1-24(2,15-7-12-13(35-15)5-3-11-4-6-16(27)37-20(11)12)38-22-19(30)18(29)17(28)14(36-22)8-33-23-21(31)25(32,9-26)10-34-23/h3-6,14-15,17-19,21-23,26,28-32H,7-10H2,1-2H3/t14-,15+,17-,18+,19-,21+,22+,23-,25?/m1/s1. The van der Waals surface area contributed by atoms with Gasteiger partial charge in [0.05, 0.1) is 19.8 Å². The lowest BCUT2D eigenvalue weighted by Gasteiger charge is -2.44. The molecule has 2 saturated heterocycles. The van der Waals surface area contributed by atoms with Crippen molar-refractivity contribution in [2.75, 3.05) is 19.8 Å². The fourth-order valence-electron chi connectivity index (χ4n) is 4.90. The Kier molecular flexibility index (Phi) is 7.28. The zero-order chi connectivity index (χ0) is 27.4. The number of rotatable bonds is 7. The first-order valence-corrected chi connectivity index (χ1v) is 12.3. The summed E-state index contributed by atoms with van der Waals surface area (Å²) in [7, 11) is 0. The predicted molar refractivity (Wildman–Crippen MR) is 126 cm³/mol. The molecule has 0 amide bonds. The van der Waals surface area contributed by atoms with Crippen molar-refractivity contribution < 1.29 is 58.7 Å². The van der Waals surface area contributed by atoms with Gasteiger partial charge in [0.2, 0.25) is 0 Å². The maximum absolute atomic E-state index is 11.8. The topological polar surface area (TPSA) is 198 Å². The highest BCUT2D eigenvalue weighted by Gasteiger charge is 2.51. The minimum absolute atomic E-state index is 0.331. The number of hydrogen-bond acceptors (Lipinski definition) is 13. The van der Waals surface area contributed by atoms with E-state index in [1.165, 1.54) is 6.07 Å². The molecule has 1 aromatic carbocycles. The Balaban J connectivity index is 1.26. The summed E-state index contributed by atoms with van der Waals surface area (Å²) in [5.74, 6) is 0.526. The van der Waals surface area contributed by atoms with Gasteiger partial charge in [-0.15, -0.1) is 0 Å². The van der Waals surface area contributed by atoms with Crippen molar-refractivity contribution >= 4 is 11.0 Å². The highest BCUT2D eigenvalue weighted by atomic mass is 16.7. The van der Waals surface area contributed by atoms with Crippen molar-refractivity contribution in [3.8, 4) is 5.75 Å². The molecule has 210 valence electrons. The second-order valence-electron chi connectivity index (χ2n) is 10.5. The van der Waals surface area contributed by atoms with E-state index in [9.17, 15) is 35.4 Å². The second kappa shape index (κ2) is 10.1. The molecular weight excluding hydrogens is 508 g/mol. The van der Waals surface area contributed by atoms with Crippen LogP contribution in [0.4, 0.5) is 0 Å². The number of aliphatic hydroxyl groups is 6. The summed E-state index contributed by atoms with van der Waals surface area (Å²) in [5.41, 5.74) is -2.36. The minimum atomic E-state index is -1.89. The Bertz CT molecular complexity index is 1210. The van der Waals surface area contributed by atoms with Crippen molar-refractivity contribution in [1.82, 2.24) is 0 Å². The first kappa shape index (κ1) is 27.4. The molecule has 6 N–H and O–H groups in total. The van der Waals surface area contributed by atoms with E-state index in [0.717, 1.165) is 5.39 Å². The molecule has 1 unspecified atom stereocenters. The molecule has 0 radical (unpaired) electrons. The normalized spacial score (nSPS) is 37.4. The van der Waals surface area contributed by atoms with Crippen LogP contribution in [0.1, 0.15) is 19.4 Å². The van der Waals surface area contributed by atoms with Crippen LogP contribution in [0.15, 0.2) is 33.5 Å². The van der Waals surface area contributed by atoms with Crippen molar-refractivity contribution in [2.24, 2.45) is 0 Å². The molecule has 13 nitrogen and oxygen atoms in total. The van der Waals surface area contributed by atoms with Gasteiger partial charge in [-0.25, -0.2) is 4.79 Å². The molecule has 3 aliphatic rings. The molecule has 0 aliphatic carbocycles. The van der Waals surface area contributed by atoms with E-state index < -0.39 is 79.2 Å². The van der Waals surface area contributed by atoms with Crippen molar-refractivity contribution in [1.29, 1.82) is 0 Å². The van der Waals surface area contributed by atoms with Crippen molar-refractivity contribution in [2.45, 2.75) is 80.7 Å². The molecule has 4 heterocycles. The fourth-order valence-corrected chi connectivity index (χ4v) is 4.90. The molecule has 2 aromatic rings. The van der Waals surface area contributed by atoms with Crippen LogP contribution in [0.5, 0.6) is 5.75 Å². The zero-order valence-electron chi connectivity index (χ0n) is 20.8. The van der Waals surface area contributed by atoms with Crippen LogP contribution < -0.4 is 10.4 Å². The number of benzene rings is 1. The highest BCUT2D eigenvalue weighted by molar-refractivity contribution is 5.82. The first-order valence-electron chi connectivity index (χ1n) is 12.3. The fraction of sp³-hybridized carbons (Fsp3) is 0.640. The lowest BCUT2D eigenvalue weighted by Crippen LogP contribution is -2.61. The highest BCUT2D eigenvalue weighted by Crippen LogP contribution is 2.40. The molecule has 13 heteroatoms. The molecule has 0 spiro atoms. The summed E-state index contributed by atoms with van der Waals surface area (Å²) < 4.78 is 33.9. The number of ether oxygens (including phenoxy) is 5. The quantitative estimate of drug-likeness (QED) is 0.214. The maximum atomic E-state index is 11.8. The SMILES string of the molecule is CC(C)(O[C@@H]1O[C@H](CO[C@@H]2OCC(O)(CO)[C@H]2O)[C@@H](O)[C@H](O)[C@H]1O)[C@@H]1Cc2c(ccc3ccc(=O)oc23)O1. The molecular formula is C25H32O13. The molecule has 0 bridgehead atoms. The van der Waals surface area contributed by atoms with E-state index in [0.29, 0.717) is 23.3 Å². The van der Waals surface area contributed by atoms with E-state index in [-0.39, 0.29) is 6.61 Å². The molecule has 5 rings (SSSR count). The third-order valence-electron chi connectivity index (χ3n) is 7.38. The zero-order valence-corrected chi connectivity index (χ0v) is 20.8. The van der Waals surface area contributed by atoms with Crippen LogP contribution in [-0.2, 0) is 25.4 Å². The van der Waals surface area contributed by atoms with Crippen LogP contribution in [0.25, 0.3) is 11.0 Å². The lowest BCUT2D eigenvalue weighted by molar-refractivity contribution is -0.335. The number of aliphatic hydroxyl groups excluding tert-OH is 5. The molecule has 3 aliphatic heterocycles. The first-order chi connectivity index (χ1) is 17.9. The smallest absolute Gasteiger partial charge is 0.336 e. The van der Waals surface area contributed by atoms with Gasteiger partial charge in [-0.05, 0) is 32.0 Å². The maximum Gasteiger partial charge on any atom is 0.336 e. The van der Waals surface area contributed by atoms with Gasteiger partial charge in [0.25, 0.3) is 0 Å². The van der Waals surface area contributed by atoms with Crippen LogP contribution in [0.3, 0.4) is 0 Å². The van der Waals surface area contributed by atoms with Crippen molar-refractivity contribution in [3.63, 3.8) is 0 Å². The average Bonchev–Trinajstić information content (AvgIpc) is 3.46. The van der Waals surface area contributed by atoms with Crippen molar-refractivity contribution in [3.05, 3.63) is 40.2 Å². The van der Waals surface area contributed by atoms with Gasteiger partial charge in [-0.2, -0.15) is 0 Å². The third kappa shape index (κ3) is 4.84. The van der Waals surface area contributed by atoms with Gasteiger partial charge < -0.3 is 58.7 Å². The summed E-state index contributed by atoms with van der Waals surface area (Å²) in [6.45, 7) is 1.90. The van der Waals surface area contributed by atoms with Gasteiger partial charge in [0.1, 0.15) is 59.2 Å². The van der Waals surface area contributed by atoms with Crippen LogP contribution in [0.2, 0.25) is 0 Å². The van der Waals surface area contributed by atoms with E-state index in [1.807, 2.05) is 0 Å². The average molecular weight is 541 g/mol. The van der Waals surface area contributed by atoms with E-state index in [4.69, 9.17) is 28.1 Å². The van der Waals surface area contributed by atoms with Crippen LogP contribution in [-0.4, -0.2) is 111 Å². The second-order valence-corrected chi connectivity index (χ2v) is 10.5. The van der Waals surface area contributed by atoms with E-state index >= 15 is 0 Å². The molecule has 0 saturated carbocycles. The summed E-state index contributed by atoms with van der Waals surface area (Å²) in [5, 5.41) is 61.8.